The van der Waals surface area contributed by atoms with Crippen LogP contribution in [0.3, 0.4) is 0 Å². The van der Waals surface area contributed by atoms with Crippen molar-refractivity contribution in [1.29, 1.82) is 0 Å². The highest BCUT2D eigenvalue weighted by Gasteiger charge is 2.21. The fraction of sp³-hybridized carbons (Fsp3) is 0.375. The summed E-state index contributed by atoms with van der Waals surface area (Å²) in [6.45, 7) is 0. The van der Waals surface area contributed by atoms with Crippen LogP contribution in [0.15, 0.2) is 36.5 Å². The lowest BCUT2D eigenvalue weighted by atomic mass is 9.88. The Labute approximate surface area is 113 Å². The molecule has 1 aliphatic rings. The minimum absolute atomic E-state index is 0.151. The standard InChI is InChI=1S/C16H18N2O/c19-16(13-6-2-1-3-7-13)18-14-10-4-8-12-9-5-11-17-15(12)14/h4-5,8-11,13H,1-3,6-7H2,(H,18,19). The summed E-state index contributed by atoms with van der Waals surface area (Å²) in [6.07, 6.45) is 7.41. The van der Waals surface area contributed by atoms with Crippen LogP contribution in [0.1, 0.15) is 32.1 Å². The lowest BCUT2D eigenvalue weighted by molar-refractivity contribution is -0.120. The predicted octanol–water partition coefficient (Wildman–Crippen LogP) is 3.75. The van der Waals surface area contributed by atoms with E-state index in [1.807, 2.05) is 30.3 Å². The summed E-state index contributed by atoms with van der Waals surface area (Å²) in [4.78, 5) is 16.6. The molecule has 1 fully saturated rings. The number of rotatable bonds is 2. The fourth-order valence-electron chi connectivity index (χ4n) is 2.80. The Kier molecular flexibility index (Phi) is 3.45. The van der Waals surface area contributed by atoms with E-state index in [4.69, 9.17) is 0 Å². The molecule has 98 valence electrons. The minimum Gasteiger partial charge on any atom is -0.324 e. The summed E-state index contributed by atoms with van der Waals surface area (Å²) in [5, 5.41) is 4.11. The zero-order valence-corrected chi connectivity index (χ0v) is 10.9. The van der Waals surface area contributed by atoms with Gasteiger partial charge >= 0.3 is 0 Å². The number of aromatic nitrogens is 1. The van der Waals surface area contributed by atoms with Gasteiger partial charge in [-0.3, -0.25) is 9.78 Å². The van der Waals surface area contributed by atoms with E-state index >= 15 is 0 Å². The third-order valence-electron chi connectivity index (χ3n) is 3.87. The maximum atomic E-state index is 12.3. The normalized spacial score (nSPS) is 16.4. The first-order chi connectivity index (χ1) is 9.34. The molecule has 0 saturated heterocycles. The first-order valence-corrected chi connectivity index (χ1v) is 6.99. The average molecular weight is 254 g/mol. The molecule has 0 radical (unpaired) electrons. The van der Waals surface area contributed by atoms with Gasteiger partial charge in [0, 0.05) is 17.5 Å². The second kappa shape index (κ2) is 5.39. The largest absolute Gasteiger partial charge is 0.324 e. The summed E-state index contributed by atoms with van der Waals surface area (Å²) in [5.41, 5.74) is 1.70. The van der Waals surface area contributed by atoms with Crippen molar-refractivity contribution >= 4 is 22.5 Å². The lowest BCUT2D eigenvalue weighted by Crippen LogP contribution is -2.24. The summed E-state index contributed by atoms with van der Waals surface area (Å²) in [5.74, 6) is 0.325. The molecular formula is C16H18N2O. The molecule has 0 spiro atoms. The Morgan fingerprint density at radius 3 is 2.74 bits per heavy atom. The Hall–Kier alpha value is -1.90. The highest BCUT2D eigenvalue weighted by molar-refractivity contribution is 6.00. The molecule has 3 rings (SSSR count). The quantitative estimate of drug-likeness (QED) is 0.886. The number of benzene rings is 1. The molecular weight excluding hydrogens is 236 g/mol. The molecule has 3 nitrogen and oxygen atoms in total. The van der Waals surface area contributed by atoms with Gasteiger partial charge in [0.15, 0.2) is 0 Å². The van der Waals surface area contributed by atoms with Crippen LogP contribution in [0, 0.1) is 5.92 Å². The molecule has 1 saturated carbocycles. The third kappa shape index (κ3) is 2.60. The monoisotopic (exact) mass is 254 g/mol. The van der Waals surface area contributed by atoms with Gasteiger partial charge in [0.25, 0.3) is 0 Å². The van der Waals surface area contributed by atoms with Crippen LogP contribution in [0.5, 0.6) is 0 Å². The van der Waals surface area contributed by atoms with E-state index in [0.717, 1.165) is 29.4 Å². The molecule has 1 heterocycles. The van der Waals surface area contributed by atoms with Gasteiger partial charge in [-0.05, 0) is 25.0 Å². The number of nitrogens with zero attached hydrogens (tertiary/aromatic N) is 1. The summed E-state index contributed by atoms with van der Waals surface area (Å²) in [6, 6.07) is 9.82. The second-order valence-electron chi connectivity index (χ2n) is 5.20. The SMILES string of the molecule is O=C(Nc1cccc2cccnc12)C1CCCCC1. The topological polar surface area (TPSA) is 42.0 Å². The van der Waals surface area contributed by atoms with E-state index in [2.05, 4.69) is 10.3 Å². The first-order valence-electron chi connectivity index (χ1n) is 6.99. The molecule has 1 aliphatic carbocycles. The maximum Gasteiger partial charge on any atom is 0.227 e. The number of nitrogens with one attached hydrogen (secondary N) is 1. The fourth-order valence-corrected chi connectivity index (χ4v) is 2.80. The summed E-state index contributed by atoms with van der Waals surface area (Å²) >= 11 is 0. The van der Waals surface area contributed by atoms with Gasteiger partial charge in [0.2, 0.25) is 5.91 Å². The highest BCUT2D eigenvalue weighted by Crippen LogP contribution is 2.26. The Balaban J connectivity index is 1.82. The van der Waals surface area contributed by atoms with E-state index < -0.39 is 0 Å². The number of fused-ring (bicyclic) bond motifs is 1. The average Bonchev–Trinajstić information content (AvgIpc) is 2.48. The highest BCUT2D eigenvalue weighted by atomic mass is 16.1. The molecule has 1 aromatic heterocycles. The van der Waals surface area contributed by atoms with Gasteiger partial charge in [-0.15, -0.1) is 0 Å². The number of hydrogen-bond acceptors (Lipinski definition) is 2. The molecule has 1 amide bonds. The van der Waals surface area contributed by atoms with Crippen molar-refractivity contribution < 1.29 is 4.79 Å². The van der Waals surface area contributed by atoms with Crippen molar-refractivity contribution in [2.24, 2.45) is 5.92 Å². The van der Waals surface area contributed by atoms with Gasteiger partial charge in [-0.25, -0.2) is 0 Å². The van der Waals surface area contributed by atoms with Crippen LogP contribution >= 0.6 is 0 Å². The second-order valence-corrected chi connectivity index (χ2v) is 5.20. The van der Waals surface area contributed by atoms with Crippen LogP contribution in [0.2, 0.25) is 0 Å². The van der Waals surface area contributed by atoms with Crippen LogP contribution in [-0.4, -0.2) is 10.9 Å². The van der Waals surface area contributed by atoms with Gasteiger partial charge < -0.3 is 5.32 Å². The van der Waals surface area contributed by atoms with Crippen LogP contribution in [0.25, 0.3) is 10.9 Å². The van der Waals surface area contributed by atoms with Crippen molar-refractivity contribution in [2.45, 2.75) is 32.1 Å². The molecule has 19 heavy (non-hydrogen) atoms. The van der Waals surface area contributed by atoms with E-state index in [1.54, 1.807) is 6.20 Å². The lowest BCUT2D eigenvalue weighted by Gasteiger charge is -2.21. The number of pyridine rings is 1. The number of carbonyl (C=O) groups excluding carboxylic acids is 1. The smallest absolute Gasteiger partial charge is 0.227 e. The Morgan fingerprint density at radius 2 is 1.89 bits per heavy atom. The van der Waals surface area contributed by atoms with E-state index in [0.29, 0.717) is 0 Å². The Morgan fingerprint density at radius 1 is 1.11 bits per heavy atom. The molecule has 3 heteroatoms. The van der Waals surface area contributed by atoms with Crippen molar-refractivity contribution in [2.75, 3.05) is 5.32 Å². The third-order valence-corrected chi connectivity index (χ3v) is 3.87. The number of hydrogen-bond donors (Lipinski definition) is 1. The number of para-hydroxylation sites is 1. The van der Waals surface area contributed by atoms with Gasteiger partial charge in [-0.1, -0.05) is 37.5 Å². The molecule has 0 aliphatic heterocycles. The van der Waals surface area contributed by atoms with Crippen molar-refractivity contribution in [3.63, 3.8) is 0 Å². The van der Waals surface area contributed by atoms with Gasteiger partial charge in [0.1, 0.15) is 0 Å². The van der Waals surface area contributed by atoms with Crippen molar-refractivity contribution in [3.8, 4) is 0 Å². The summed E-state index contributed by atoms with van der Waals surface area (Å²) in [7, 11) is 0. The summed E-state index contributed by atoms with van der Waals surface area (Å²) < 4.78 is 0. The van der Waals surface area contributed by atoms with Crippen LogP contribution in [0.4, 0.5) is 5.69 Å². The van der Waals surface area contributed by atoms with Crippen LogP contribution < -0.4 is 5.32 Å². The van der Waals surface area contributed by atoms with E-state index in [1.165, 1.54) is 19.3 Å². The molecule has 0 atom stereocenters. The van der Waals surface area contributed by atoms with Gasteiger partial charge in [0.05, 0.1) is 11.2 Å². The number of amides is 1. The first kappa shape index (κ1) is 12.2. The number of carbonyl (C=O) groups is 1. The Bertz CT molecular complexity index is 583. The van der Waals surface area contributed by atoms with E-state index in [9.17, 15) is 4.79 Å². The molecule has 0 unspecified atom stereocenters. The van der Waals surface area contributed by atoms with Crippen molar-refractivity contribution in [3.05, 3.63) is 36.5 Å². The minimum atomic E-state index is 0.151. The molecule has 1 aromatic carbocycles. The zero-order chi connectivity index (χ0) is 13.1. The van der Waals surface area contributed by atoms with Crippen molar-refractivity contribution in [1.82, 2.24) is 4.98 Å². The molecule has 1 N–H and O–H groups in total. The maximum absolute atomic E-state index is 12.3. The van der Waals surface area contributed by atoms with E-state index in [-0.39, 0.29) is 11.8 Å². The zero-order valence-electron chi connectivity index (χ0n) is 10.9. The molecule has 2 aromatic rings. The number of anilines is 1. The predicted molar refractivity (Wildman–Crippen MR) is 76.9 cm³/mol. The van der Waals surface area contributed by atoms with Crippen LogP contribution in [-0.2, 0) is 4.79 Å². The molecule has 0 bridgehead atoms. The van der Waals surface area contributed by atoms with Gasteiger partial charge in [-0.2, -0.15) is 0 Å².